The van der Waals surface area contributed by atoms with Crippen LogP contribution in [0.3, 0.4) is 0 Å². The van der Waals surface area contributed by atoms with Gasteiger partial charge in [0.05, 0.1) is 0 Å². The van der Waals surface area contributed by atoms with Gasteiger partial charge in [-0.15, -0.1) is 0 Å². The largest absolute Gasteiger partial charge is 0.478 e. The maximum absolute atomic E-state index is 14.6. The van der Waals surface area contributed by atoms with Gasteiger partial charge in [0, 0.05) is 16.1 Å². The summed E-state index contributed by atoms with van der Waals surface area (Å²) >= 11 is 5.80. The Morgan fingerprint density at radius 2 is 1.84 bits per heavy atom. The minimum atomic E-state index is -1.08. The Morgan fingerprint density at radius 1 is 1.04 bits per heavy atom. The first-order valence-corrected chi connectivity index (χ1v) is 8.83. The van der Waals surface area contributed by atoms with Crippen LogP contribution >= 0.6 is 11.6 Å². The molecule has 2 aromatic rings. The second-order valence-corrected chi connectivity index (χ2v) is 6.92. The molecular formula is C20H18ClF2NO. The Bertz CT molecular complexity index is 830. The van der Waals surface area contributed by atoms with Crippen molar-refractivity contribution in [2.45, 2.75) is 24.9 Å². The van der Waals surface area contributed by atoms with Crippen LogP contribution in [-0.2, 0) is 0 Å². The quantitative estimate of drug-likeness (QED) is 0.774. The van der Waals surface area contributed by atoms with E-state index < -0.39 is 17.7 Å². The lowest BCUT2D eigenvalue weighted by atomic mass is 9.87. The lowest BCUT2D eigenvalue weighted by Gasteiger charge is -2.30. The molecule has 0 radical (unpaired) electrons. The lowest BCUT2D eigenvalue weighted by Crippen LogP contribution is -2.27. The predicted molar refractivity (Wildman–Crippen MR) is 95.2 cm³/mol. The van der Waals surface area contributed by atoms with Crippen molar-refractivity contribution in [1.82, 2.24) is 5.32 Å². The fraction of sp³-hybridized carbons (Fsp3) is 0.300. The summed E-state index contributed by atoms with van der Waals surface area (Å²) in [7, 11) is 0. The molecule has 0 aliphatic carbocycles. The Morgan fingerprint density at radius 3 is 2.60 bits per heavy atom. The second kappa shape index (κ2) is 6.77. The number of ether oxygens (including phenoxy) is 1. The third kappa shape index (κ3) is 3.16. The molecule has 2 aliphatic heterocycles. The fourth-order valence-electron chi connectivity index (χ4n) is 3.60. The molecule has 2 heterocycles. The molecule has 2 aromatic carbocycles. The van der Waals surface area contributed by atoms with Gasteiger partial charge in [0.2, 0.25) is 0 Å². The number of hydrogen-bond donors (Lipinski definition) is 1. The van der Waals surface area contributed by atoms with Crippen LogP contribution in [0.25, 0.3) is 6.08 Å². The number of benzene rings is 2. The van der Waals surface area contributed by atoms with Crippen molar-refractivity contribution in [2.75, 3.05) is 13.1 Å². The van der Waals surface area contributed by atoms with Crippen LogP contribution < -0.4 is 10.1 Å². The Hall–Kier alpha value is -1.91. The van der Waals surface area contributed by atoms with Gasteiger partial charge in [-0.05, 0) is 55.6 Å². The van der Waals surface area contributed by atoms with E-state index in [9.17, 15) is 8.78 Å². The molecule has 2 aliphatic rings. The normalized spacial score (nSPS) is 20.6. The van der Waals surface area contributed by atoms with E-state index in [1.54, 1.807) is 6.07 Å². The minimum Gasteiger partial charge on any atom is -0.478 e. The lowest BCUT2D eigenvalue weighted by molar-refractivity contribution is 0.199. The van der Waals surface area contributed by atoms with Crippen LogP contribution in [0.15, 0.2) is 42.2 Å². The molecule has 2 nitrogen and oxygen atoms in total. The highest BCUT2D eigenvalue weighted by Crippen LogP contribution is 2.44. The van der Waals surface area contributed by atoms with Crippen molar-refractivity contribution in [1.29, 1.82) is 0 Å². The highest BCUT2D eigenvalue weighted by molar-refractivity contribution is 6.30. The number of fused-ring (bicyclic) bond motifs is 1. The third-order valence-electron chi connectivity index (χ3n) is 4.88. The summed E-state index contributed by atoms with van der Waals surface area (Å²) in [6, 6.07) is 9.99. The highest BCUT2D eigenvalue weighted by Gasteiger charge is 2.30. The van der Waals surface area contributed by atoms with Crippen LogP contribution in [0.4, 0.5) is 8.78 Å². The van der Waals surface area contributed by atoms with Crippen LogP contribution in [0, 0.1) is 5.82 Å². The highest BCUT2D eigenvalue weighted by atomic mass is 35.5. The molecule has 4 rings (SSSR count). The molecule has 1 saturated heterocycles. The number of para-hydroxylation sites is 1. The van der Waals surface area contributed by atoms with Gasteiger partial charge in [-0.25, -0.2) is 8.78 Å². The van der Waals surface area contributed by atoms with Crippen molar-refractivity contribution in [2.24, 2.45) is 0 Å². The molecule has 1 N–H and O–H groups in total. The van der Waals surface area contributed by atoms with E-state index in [-0.39, 0.29) is 10.6 Å². The van der Waals surface area contributed by atoms with Gasteiger partial charge in [-0.1, -0.05) is 35.9 Å². The van der Waals surface area contributed by atoms with Crippen molar-refractivity contribution in [3.05, 3.63) is 69.8 Å². The molecule has 0 spiro atoms. The van der Waals surface area contributed by atoms with Crippen molar-refractivity contribution in [3.8, 4) is 5.75 Å². The molecular weight excluding hydrogens is 344 g/mol. The fourth-order valence-corrected chi connectivity index (χ4v) is 3.76. The van der Waals surface area contributed by atoms with E-state index in [1.807, 2.05) is 18.2 Å². The molecule has 0 amide bonds. The molecule has 0 bridgehead atoms. The molecule has 25 heavy (non-hydrogen) atoms. The Labute approximate surface area is 150 Å². The summed E-state index contributed by atoms with van der Waals surface area (Å²) in [6.45, 7) is 1.90. The maximum atomic E-state index is 14.6. The van der Waals surface area contributed by atoms with Crippen LogP contribution in [0.5, 0.6) is 5.75 Å². The summed E-state index contributed by atoms with van der Waals surface area (Å²) in [5.41, 5.74) is 1.94. The van der Waals surface area contributed by atoms with Gasteiger partial charge < -0.3 is 10.1 Å². The van der Waals surface area contributed by atoms with E-state index in [0.29, 0.717) is 17.2 Å². The van der Waals surface area contributed by atoms with Gasteiger partial charge in [0.25, 0.3) is 0 Å². The number of rotatable bonds is 2. The smallest absolute Gasteiger partial charge is 0.178 e. The van der Waals surface area contributed by atoms with Gasteiger partial charge in [-0.3, -0.25) is 0 Å². The standard InChI is InChI=1S/C20H18ClF2NO/c21-14-4-5-16(17(22)11-14)20-18(23)10-13-2-1-3-15(19(13)25-20)12-6-8-24-9-7-12/h1-5,10-12,20,24H,6-9H2. The van der Waals surface area contributed by atoms with Crippen molar-refractivity contribution >= 4 is 17.7 Å². The Kier molecular flexibility index (Phi) is 4.48. The summed E-state index contributed by atoms with van der Waals surface area (Å²) in [4.78, 5) is 0. The first-order valence-electron chi connectivity index (χ1n) is 8.46. The molecule has 0 aromatic heterocycles. The monoisotopic (exact) mass is 361 g/mol. The summed E-state index contributed by atoms with van der Waals surface area (Å²) in [6.07, 6.45) is 2.38. The molecule has 130 valence electrons. The zero-order chi connectivity index (χ0) is 17.4. The second-order valence-electron chi connectivity index (χ2n) is 6.48. The molecule has 5 heteroatoms. The van der Waals surface area contributed by atoms with Crippen molar-refractivity contribution < 1.29 is 13.5 Å². The van der Waals surface area contributed by atoms with E-state index in [1.165, 1.54) is 18.2 Å². The summed E-state index contributed by atoms with van der Waals surface area (Å²) < 4.78 is 34.9. The summed E-state index contributed by atoms with van der Waals surface area (Å²) in [5, 5.41) is 3.62. The molecule has 1 atom stereocenters. The number of nitrogens with one attached hydrogen (secondary N) is 1. The number of hydrogen-bond acceptors (Lipinski definition) is 2. The Balaban J connectivity index is 1.74. The van der Waals surface area contributed by atoms with E-state index in [0.717, 1.165) is 31.5 Å². The van der Waals surface area contributed by atoms with Crippen molar-refractivity contribution in [3.63, 3.8) is 0 Å². The van der Waals surface area contributed by atoms with Gasteiger partial charge in [0.15, 0.2) is 6.10 Å². The first kappa shape index (κ1) is 16.6. The zero-order valence-corrected chi connectivity index (χ0v) is 14.3. The molecule has 0 saturated carbocycles. The summed E-state index contributed by atoms with van der Waals surface area (Å²) in [5.74, 6) is -0.0448. The predicted octanol–water partition coefficient (Wildman–Crippen LogP) is 5.39. The molecule has 1 unspecified atom stereocenters. The SMILES string of the molecule is FC1=Cc2cccc(C3CCNCC3)c2OC1c1ccc(Cl)cc1F. The maximum Gasteiger partial charge on any atom is 0.178 e. The average Bonchev–Trinajstić information content (AvgIpc) is 2.62. The van der Waals surface area contributed by atoms with E-state index >= 15 is 0 Å². The third-order valence-corrected chi connectivity index (χ3v) is 5.11. The topological polar surface area (TPSA) is 21.3 Å². The number of piperidine rings is 1. The zero-order valence-electron chi connectivity index (χ0n) is 13.6. The van der Waals surface area contributed by atoms with E-state index in [2.05, 4.69) is 5.32 Å². The van der Waals surface area contributed by atoms with Gasteiger partial charge in [0.1, 0.15) is 17.4 Å². The van der Waals surface area contributed by atoms with Crippen LogP contribution in [0.2, 0.25) is 5.02 Å². The van der Waals surface area contributed by atoms with E-state index in [4.69, 9.17) is 16.3 Å². The van der Waals surface area contributed by atoms with Crippen LogP contribution in [-0.4, -0.2) is 13.1 Å². The van der Waals surface area contributed by atoms with Gasteiger partial charge >= 0.3 is 0 Å². The first-order chi connectivity index (χ1) is 12.1. The van der Waals surface area contributed by atoms with Crippen LogP contribution in [0.1, 0.15) is 41.6 Å². The minimum absolute atomic E-state index is 0.156. The van der Waals surface area contributed by atoms with Gasteiger partial charge in [-0.2, -0.15) is 0 Å². The average molecular weight is 362 g/mol. The number of halogens is 3. The molecule has 1 fully saturated rings.